The second-order valence-corrected chi connectivity index (χ2v) is 5.23. The Morgan fingerprint density at radius 3 is 2.47 bits per heavy atom. The van der Waals surface area contributed by atoms with Gasteiger partial charge in [0.1, 0.15) is 5.75 Å². The molecule has 106 valence electrons. The molecule has 0 bridgehead atoms. The number of rotatable bonds is 3. The molecule has 0 aliphatic carbocycles. The van der Waals surface area contributed by atoms with Gasteiger partial charge < -0.3 is 19.5 Å². The van der Waals surface area contributed by atoms with E-state index in [4.69, 9.17) is 9.47 Å². The molecule has 1 fully saturated rings. The van der Waals surface area contributed by atoms with Crippen LogP contribution in [-0.4, -0.2) is 37.5 Å². The van der Waals surface area contributed by atoms with Crippen LogP contribution in [0.15, 0.2) is 18.2 Å². The number of nitrogens with zero attached hydrogens (tertiary/aromatic N) is 1. The maximum absolute atomic E-state index is 10.0. The molecule has 2 rings (SSSR count). The molecule has 0 aromatic heterocycles. The highest BCUT2D eigenvalue weighted by molar-refractivity contribution is 5.60. The van der Waals surface area contributed by atoms with Crippen LogP contribution in [0.2, 0.25) is 0 Å². The van der Waals surface area contributed by atoms with Crippen molar-refractivity contribution in [2.75, 3.05) is 25.1 Å². The van der Waals surface area contributed by atoms with Gasteiger partial charge >= 0.3 is 0 Å². The molecule has 1 aromatic carbocycles. The van der Waals surface area contributed by atoms with E-state index >= 15 is 0 Å². The average molecular weight is 265 g/mol. The monoisotopic (exact) mass is 265 g/mol. The van der Waals surface area contributed by atoms with Gasteiger partial charge in [-0.2, -0.15) is 0 Å². The van der Waals surface area contributed by atoms with Gasteiger partial charge in [0.2, 0.25) is 0 Å². The van der Waals surface area contributed by atoms with Crippen LogP contribution in [0.5, 0.6) is 5.75 Å². The van der Waals surface area contributed by atoms with E-state index in [1.54, 1.807) is 14.0 Å². The van der Waals surface area contributed by atoms with Crippen LogP contribution in [0, 0.1) is 0 Å². The fourth-order valence-electron chi connectivity index (χ4n) is 2.78. The van der Waals surface area contributed by atoms with Gasteiger partial charge in [-0.1, -0.05) is 6.07 Å². The summed E-state index contributed by atoms with van der Waals surface area (Å²) in [4.78, 5) is 2.27. The summed E-state index contributed by atoms with van der Waals surface area (Å²) < 4.78 is 11.1. The highest BCUT2D eigenvalue weighted by atomic mass is 16.5. The van der Waals surface area contributed by atoms with Crippen molar-refractivity contribution in [2.45, 2.75) is 39.1 Å². The molecule has 3 atom stereocenters. The van der Waals surface area contributed by atoms with Crippen molar-refractivity contribution in [3.05, 3.63) is 23.8 Å². The molecule has 4 heteroatoms. The molecule has 1 N–H and O–H groups in total. The number of anilines is 1. The first-order chi connectivity index (χ1) is 9.02. The van der Waals surface area contributed by atoms with Crippen molar-refractivity contribution in [2.24, 2.45) is 0 Å². The summed E-state index contributed by atoms with van der Waals surface area (Å²) in [5, 5.41) is 10.0. The van der Waals surface area contributed by atoms with Crippen molar-refractivity contribution >= 4 is 5.69 Å². The maximum atomic E-state index is 10.0. The summed E-state index contributed by atoms with van der Waals surface area (Å²) in [5.74, 6) is 0.735. The summed E-state index contributed by atoms with van der Waals surface area (Å²) in [7, 11) is 1.63. The minimum absolute atomic E-state index is 0.191. The Morgan fingerprint density at radius 1 is 1.32 bits per heavy atom. The normalized spacial score (nSPS) is 25.2. The molecule has 0 amide bonds. The smallest absolute Gasteiger partial charge is 0.126 e. The summed E-state index contributed by atoms with van der Waals surface area (Å²) in [6.07, 6.45) is -0.173. The molecular formula is C15H23NO3. The molecule has 1 saturated heterocycles. The van der Waals surface area contributed by atoms with Crippen LogP contribution in [0.4, 0.5) is 5.69 Å². The van der Waals surface area contributed by atoms with Crippen LogP contribution >= 0.6 is 0 Å². The minimum atomic E-state index is -0.556. The van der Waals surface area contributed by atoms with Gasteiger partial charge in [0, 0.05) is 24.3 Å². The van der Waals surface area contributed by atoms with Gasteiger partial charge in [-0.25, -0.2) is 0 Å². The Hall–Kier alpha value is -1.26. The van der Waals surface area contributed by atoms with Gasteiger partial charge in [0.15, 0.2) is 0 Å². The van der Waals surface area contributed by atoms with Crippen LogP contribution in [0.1, 0.15) is 32.4 Å². The lowest BCUT2D eigenvalue weighted by Crippen LogP contribution is -2.45. The summed E-state index contributed by atoms with van der Waals surface area (Å²) in [6.45, 7) is 7.58. The van der Waals surface area contributed by atoms with Gasteiger partial charge in [-0.05, 0) is 32.9 Å². The molecule has 3 unspecified atom stereocenters. The Labute approximate surface area is 114 Å². The second-order valence-electron chi connectivity index (χ2n) is 5.23. The fraction of sp³-hybridized carbons (Fsp3) is 0.600. The molecule has 4 nitrogen and oxygen atoms in total. The number of morpholine rings is 1. The number of ether oxygens (including phenoxy) is 2. The second kappa shape index (κ2) is 5.80. The molecule has 0 saturated carbocycles. The predicted octanol–water partition coefficient (Wildman–Crippen LogP) is 2.36. The van der Waals surface area contributed by atoms with Crippen molar-refractivity contribution in [3.63, 3.8) is 0 Å². The van der Waals surface area contributed by atoms with E-state index in [0.717, 1.165) is 30.1 Å². The molecule has 0 radical (unpaired) electrons. The Balaban J connectivity index is 2.38. The lowest BCUT2D eigenvalue weighted by atomic mass is 10.0. The largest absolute Gasteiger partial charge is 0.496 e. The Kier molecular flexibility index (Phi) is 4.32. The first kappa shape index (κ1) is 14.2. The average Bonchev–Trinajstić information content (AvgIpc) is 2.36. The summed E-state index contributed by atoms with van der Waals surface area (Å²) in [5.41, 5.74) is 1.89. The molecule has 1 aliphatic heterocycles. The third-order valence-electron chi connectivity index (χ3n) is 3.44. The standard InChI is InChI=1S/C15H23NO3/c1-10-8-16(9-11(2)19-10)13-6-5-7-14(18-4)15(13)12(3)17/h5-7,10-12,17H,8-9H2,1-4H3. The minimum Gasteiger partial charge on any atom is -0.496 e. The van der Waals surface area contributed by atoms with Crippen LogP contribution in [-0.2, 0) is 4.74 Å². The fourth-order valence-corrected chi connectivity index (χ4v) is 2.78. The molecule has 1 aromatic rings. The first-order valence-corrected chi connectivity index (χ1v) is 6.78. The number of aliphatic hydroxyl groups is 1. The zero-order valence-corrected chi connectivity index (χ0v) is 12.1. The van der Waals surface area contributed by atoms with E-state index in [9.17, 15) is 5.11 Å². The highest BCUT2D eigenvalue weighted by Gasteiger charge is 2.26. The molecule has 1 heterocycles. The van der Waals surface area contributed by atoms with E-state index in [1.165, 1.54) is 0 Å². The Morgan fingerprint density at radius 2 is 1.95 bits per heavy atom. The quantitative estimate of drug-likeness (QED) is 0.911. The molecule has 1 aliphatic rings. The van der Waals surface area contributed by atoms with E-state index < -0.39 is 6.10 Å². The van der Waals surface area contributed by atoms with E-state index in [1.807, 2.05) is 18.2 Å². The first-order valence-electron chi connectivity index (χ1n) is 6.78. The predicted molar refractivity (Wildman–Crippen MR) is 75.8 cm³/mol. The number of methoxy groups -OCH3 is 1. The van der Waals surface area contributed by atoms with Crippen molar-refractivity contribution < 1.29 is 14.6 Å². The van der Waals surface area contributed by atoms with Crippen molar-refractivity contribution in [1.82, 2.24) is 0 Å². The third-order valence-corrected chi connectivity index (χ3v) is 3.44. The maximum Gasteiger partial charge on any atom is 0.126 e. The number of benzene rings is 1. The summed E-state index contributed by atoms with van der Waals surface area (Å²) in [6, 6.07) is 5.89. The van der Waals surface area contributed by atoms with Gasteiger partial charge in [0.25, 0.3) is 0 Å². The molecular weight excluding hydrogens is 242 g/mol. The molecule has 19 heavy (non-hydrogen) atoms. The zero-order valence-electron chi connectivity index (χ0n) is 12.1. The van der Waals surface area contributed by atoms with Crippen LogP contribution < -0.4 is 9.64 Å². The Bertz CT molecular complexity index is 423. The van der Waals surface area contributed by atoms with E-state index in [0.29, 0.717) is 0 Å². The lowest BCUT2D eigenvalue weighted by Gasteiger charge is -2.38. The number of aliphatic hydroxyl groups excluding tert-OH is 1. The van der Waals surface area contributed by atoms with E-state index in [-0.39, 0.29) is 12.2 Å². The van der Waals surface area contributed by atoms with E-state index in [2.05, 4.69) is 18.7 Å². The topological polar surface area (TPSA) is 41.9 Å². The van der Waals surface area contributed by atoms with Crippen molar-refractivity contribution in [3.8, 4) is 5.75 Å². The van der Waals surface area contributed by atoms with Crippen LogP contribution in [0.25, 0.3) is 0 Å². The van der Waals surface area contributed by atoms with Crippen molar-refractivity contribution in [1.29, 1.82) is 0 Å². The number of hydrogen-bond acceptors (Lipinski definition) is 4. The third kappa shape index (κ3) is 3.01. The number of hydrogen-bond donors (Lipinski definition) is 1. The van der Waals surface area contributed by atoms with Gasteiger partial charge in [-0.15, -0.1) is 0 Å². The molecule has 0 spiro atoms. The summed E-state index contributed by atoms with van der Waals surface area (Å²) >= 11 is 0. The lowest BCUT2D eigenvalue weighted by molar-refractivity contribution is -0.00540. The van der Waals surface area contributed by atoms with Gasteiger partial charge in [0.05, 0.1) is 25.4 Å². The van der Waals surface area contributed by atoms with Gasteiger partial charge in [-0.3, -0.25) is 0 Å². The SMILES string of the molecule is COc1cccc(N2CC(C)OC(C)C2)c1C(C)O. The zero-order chi connectivity index (χ0) is 14.0. The highest BCUT2D eigenvalue weighted by Crippen LogP contribution is 2.35. The van der Waals surface area contributed by atoms with Crippen LogP contribution in [0.3, 0.4) is 0 Å².